The quantitative estimate of drug-likeness (QED) is 0.651. The lowest BCUT2D eigenvalue weighted by molar-refractivity contribution is 0.0945. The zero-order chi connectivity index (χ0) is 19.9. The Kier molecular flexibility index (Phi) is 6.22. The molecule has 6 heteroatoms. The van der Waals surface area contributed by atoms with Crippen molar-refractivity contribution in [2.24, 2.45) is 0 Å². The summed E-state index contributed by atoms with van der Waals surface area (Å²) in [4.78, 5) is 21.2. The average Bonchev–Trinajstić information content (AvgIpc) is 2.72. The Bertz CT molecular complexity index is 955. The van der Waals surface area contributed by atoms with Crippen LogP contribution < -0.4 is 15.4 Å². The number of para-hydroxylation sites is 1. The van der Waals surface area contributed by atoms with Crippen molar-refractivity contribution in [1.82, 2.24) is 15.3 Å². The molecular weight excluding hydrogens is 352 g/mol. The molecule has 0 aliphatic heterocycles. The molecule has 1 aromatic heterocycles. The Morgan fingerprint density at radius 1 is 1.07 bits per heavy atom. The molecule has 0 unspecified atom stereocenters. The van der Waals surface area contributed by atoms with Crippen LogP contribution in [0.15, 0.2) is 54.6 Å². The summed E-state index contributed by atoms with van der Waals surface area (Å²) in [5.74, 6) is 1.58. The van der Waals surface area contributed by atoms with Gasteiger partial charge in [0, 0.05) is 23.9 Å². The third-order valence-corrected chi connectivity index (χ3v) is 4.34. The number of hydrogen-bond acceptors (Lipinski definition) is 5. The van der Waals surface area contributed by atoms with Gasteiger partial charge in [-0.2, -0.15) is 0 Å². The highest BCUT2D eigenvalue weighted by Crippen LogP contribution is 2.18. The number of methoxy groups -OCH3 is 1. The Labute approximate surface area is 165 Å². The number of aromatic nitrogens is 2. The van der Waals surface area contributed by atoms with Crippen molar-refractivity contribution in [3.63, 3.8) is 0 Å². The molecule has 2 N–H and O–H groups in total. The van der Waals surface area contributed by atoms with E-state index in [1.807, 2.05) is 36.4 Å². The number of amides is 1. The van der Waals surface area contributed by atoms with Gasteiger partial charge in [-0.25, -0.2) is 9.97 Å². The second-order valence-electron chi connectivity index (χ2n) is 6.36. The van der Waals surface area contributed by atoms with E-state index in [0.29, 0.717) is 23.9 Å². The van der Waals surface area contributed by atoms with E-state index in [4.69, 9.17) is 4.74 Å². The Morgan fingerprint density at radius 2 is 1.82 bits per heavy atom. The number of nitrogens with zero attached hydrogens (tertiary/aromatic N) is 2. The van der Waals surface area contributed by atoms with Crippen molar-refractivity contribution in [1.29, 1.82) is 0 Å². The first-order chi connectivity index (χ1) is 13.6. The largest absolute Gasteiger partial charge is 0.496 e. The van der Waals surface area contributed by atoms with E-state index in [1.165, 1.54) is 5.56 Å². The van der Waals surface area contributed by atoms with Gasteiger partial charge in [0.15, 0.2) is 0 Å². The zero-order valence-electron chi connectivity index (χ0n) is 16.3. The monoisotopic (exact) mass is 376 g/mol. The maximum atomic E-state index is 12.6. The van der Waals surface area contributed by atoms with Crippen molar-refractivity contribution >= 4 is 17.4 Å². The van der Waals surface area contributed by atoms with E-state index in [0.717, 1.165) is 23.4 Å². The van der Waals surface area contributed by atoms with Gasteiger partial charge in [-0.1, -0.05) is 37.3 Å². The maximum absolute atomic E-state index is 12.6. The van der Waals surface area contributed by atoms with Gasteiger partial charge in [0.2, 0.25) is 0 Å². The summed E-state index contributed by atoms with van der Waals surface area (Å²) in [5, 5.41) is 6.12. The number of ether oxygens (including phenoxy) is 1. The van der Waals surface area contributed by atoms with Gasteiger partial charge in [0.25, 0.3) is 5.91 Å². The molecule has 1 amide bonds. The molecule has 0 saturated heterocycles. The van der Waals surface area contributed by atoms with Gasteiger partial charge in [-0.3, -0.25) is 4.79 Å². The average molecular weight is 376 g/mol. The number of aryl methyl sites for hydroxylation is 2. The minimum atomic E-state index is -0.263. The fourth-order valence-corrected chi connectivity index (χ4v) is 2.83. The van der Waals surface area contributed by atoms with Gasteiger partial charge in [0.1, 0.15) is 23.1 Å². The lowest BCUT2D eigenvalue weighted by atomic mass is 10.1. The molecule has 0 fully saturated rings. The summed E-state index contributed by atoms with van der Waals surface area (Å²) in [5.41, 5.74) is 3.39. The Morgan fingerprint density at radius 3 is 2.54 bits per heavy atom. The molecule has 6 nitrogen and oxygen atoms in total. The topological polar surface area (TPSA) is 76.1 Å². The smallest absolute Gasteiger partial charge is 0.270 e. The highest BCUT2D eigenvalue weighted by Gasteiger charge is 2.12. The molecule has 0 spiro atoms. The summed E-state index contributed by atoms with van der Waals surface area (Å²) < 4.78 is 5.32. The molecule has 2 aromatic carbocycles. The lowest BCUT2D eigenvalue weighted by Gasteiger charge is -2.11. The van der Waals surface area contributed by atoms with E-state index in [2.05, 4.69) is 39.7 Å². The third-order valence-electron chi connectivity index (χ3n) is 4.34. The minimum absolute atomic E-state index is 0.263. The standard InChI is InChI=1S/C22H24N4O2/c1-4-16-9-11-18(12-10-16)26-21-13-19(24-15(2)25-21)22(27)23-14-17-7-5-6-8-20(17)28-3/h5-13H,4,14H2,1-3H3,(H,23,27)(H,24,25,26). The molecule has 3 aromatic rings. The van der Waals surface area contributed by atoms with Crippen molar-refractivity contribution in [3.8, 4) is 5.75 Å². The number of anilines is 2. The predicted octanol–water partition coefficient (Wildman–Crippen LogP) is 4.03. The number of hydrogen-bond donors (Lipinski definition) is 2. The molecular formula is C22H24N4O2. The van der Waals surface area contributed by atoms with E-state index in [9.17, 15) is 4.79 Å². The second-order valence-corrected chi connectivity index (χ2v) is 6.36. The molecule has 0 aliphatic rings. The van der Waals surface area contributed by atoms with Crippen molar-refractivity contribution in [3.05, 3.63) is 77.2 Å². The molecule has 0 bridgehead atoms. The number of benzene rings is 2. The molecule has 0 atom stereocenters. The van der Waals surface area contributed by atoms with Crippen LogP contribution in [0.4, 0.5) is 11.5 Å². The van der Waals surface area contributed by atoms with Crippen LogP contribution in [0.1, 0.15) is 34.4 Å². The second kappa shape index (κ2) is 8.99. The van der Waals surface area contributed by atoms with Crippen molar-refractivity contribution in [2.45, 2.75) is 26.8 Å². The molecule has 28 heavy (non-hydrogen) atoms. The number of rotatable bonds is 7. The molecule has 1 heterocycles. The minimum Gasteiger partial charge on any atom is -0.496 e. The Balaban J connectivity index is 1.71. The lowest BCUT2D eigenvalue weighted by Crippen LogP contribution is -2.24. The first-order valence-electron chi connectivity index (χ1n) is 9.20. The van der Waals surface area contributed by atoms with Crippen LogP contribution in [0.25, 0.3) is 0 Å². The number of nitrogens with one attached hydrogen (secondary N) is 2. The van der Waals surface area contributed by atoms with Crippen LogP contribution in [-0.2, 0) is 13.0 Å². The van der Waals surface area contributed by atoms with Crippen LogP contribution in [0.5, 0.6) is 5.75 Å². The fourth-order valence-electron chi connectivity index (χ4n) is 2.83. The van der Waals surface area contributed by atoms with E-state index in [-0.39, 0.29) is 5.91 Å². The van der Waals surface area contributed by atoms with Crippen LogP contribution in [0.3, 0.4) is 0 Å². The zero-order valence-corrected chi connectivity index (χ0v) is 16.3. The molecule has 0 radical (unpaired) electrons. The first-order valence-corrected chi connectivity index (χ1v) is 9.20. The fraction of sp³-hybridized carbons (Fsp3) is 0.227. The first kappa shape index (κ1) is 19.4. The highest BCUT2D eigenvalue weighted by atomic mass is 16.5. The summed E-state index contributed by atoms with van der Waals surface area (Å²) in [7, 11) is 1.61. The number of carbonyl (C=O) groups is 1. The molecule has 144 valence electrons. The third kappa shape index (κ3) is 4.85. The summed E-state index contributed by atoms with van der Waals surface area (Å²) >= 11 is 0. The van der Waals surface area contributed by atoms with Crippen LogP contribution in [-0.4, -0.2) is 23.0 Å². The SMILES string of the molecule is CCc1ccc(Nc2cc(C(=O)NCc3ccccc3OC)nc(C)n2)cc1. The van der Waals surface area contributed by atoms with E-state index >= 15 is 0 Å². The molecule has 0 saturated carbocycles. The van der Waals surface area contributed by atoms with E-state index in [1.54, 1.807) is 20.1 Å². The maximum Gasteiger partial charge on any atom is 0.270 e. The van der Waals surface area contributed by atoms with Gasteiger partial charge in [-0.05, 0) is 37.1 Å². The van der Waals surface area contributed by atoms with Crippen molar-refractivity contribution in [2.75, 3.05) is 12.4 Å². The number of carbonyl (C=O) groups excluding carboxylic acids is 1. The van der Waals surface area contributed by atoms with Crippen molar-refractivity contribution < 1.29 is 9.53 Å². The normalized spacial score (nSPS) is 10.4. The van der Waals surface area contributed by atoms with Gasteiger partial charge >= 0.3 is 0 Å². The molecule has 0 aliphatic carbocycles. The van der Waals surface area contributed by atoms with Crippen LogP contribution in [0.2, 0.25) is 0 Å². The molecule has 3 rings (SSSR count). The summed E-state index contributed by atoms with van der Waals surface area (Å²) in [6, 6.07) is 17.4. The van der Waals surface area contributed by atoms with Crippen LogP contribution >= 0.6 is 0 Å². The van der Waals surface area contributed by atoms with Gasteiger partial charge in [0.05, 0.1) is 7.11 Å². The van der Waals surface area contributed by atoms with Crippen LogP contribution in [0, 0.1) is 6.92 Å². The van der Waals surface area contributed by atoms with Gasteiger partial charge < -0.3 is 15.4 Å². The Hall–Kier alpha value is -3.41. The van der Waals surface area contributed by atoms with Gasteiger partial charge in [-0.15, -0.1) is 0 Å². The summed E-state index contributed by atoms with van der Waals surface area (Å²) in [6.07, 6.45) is 0.989. The highest BCUT2D eigenvalue weighted by molar-refractivity contribution is 5.93. The summed E-state index contributed by atoms with van der Waals surface area (Å²) in [6.45, 7) is 4.24. The van der Waals surface area contributed by atoms with E-state index < -0.39 is 0 Å². The predicted molar refractivity (Wildman–Crippen MR) is 110 cm³/mol.